The molecule has 0 spiro atoms. The highest BCUT2D eigenvalue weighted by molar-refractivity contribution is 6.05. The average molecular weight is 480 g/mol. The maximum absolute atomic E-state index is 14.0. The molecule has 0 aliphatic heterocycles. The van der Waals surface area contributed by atoms with Crippen molar-refractivity contribution >= 4 is 35.1 Å². The number of halogens is 4. The molecule has 0 bridgehead atoms. The molecule has 0 heterocycles. The quantitative estimate of drug-likeness (QED) is 0.256. The molecule has 2 rings (SSSR count). The first-order valence-electron chi connectivity index (χ1n) is 9.28. The van der Waals surface area contributed by atoms with E-state index < -0.39 is 71.5 Å². The first kappa shape index (κ1) is 25.8. The maximum atomic E-state index is 14.0. The molecule has 0 aliphatic carbocycles. The van der Waals surface area contributed by atoms with Gasteiger partial charge < -0.3 is 9.84 Å². The van der Waals surface area contributed by atoms with Gasteiger partial charge in [0.25, 0.3) is 11.8 Å². The Balaban J connectivity index is 2.19. The van der Waals surface area contributed by atoms with Crippen LogP contribution in [0.5, 0.6) is 0 Å². The van der Waals surface area contributed by atoms with Gasteiger partial charge in [-0.15, -0.1) is 0 Å². The summed E-state index contributed by atoms with van der Waals surface area (Å²) in [6.07, 6.45) is 1.66. The minimum atomic E-state index is -1.59. The molecule has 8 nitrogen and oxygen atoms in total. The zero-order chi connectivity index (χ0) is 25.4. The normalized spacial score (nSPS) is 10.6. The minimum absolute atomic E-state index is 0.250. The van der Waals surface area contributed by atoms with Gasteiger partial charge in [-0.05, 0) is 30.3 Å². The van der Waals surface area contributed by atoms with Gasteiger partial charge in [-0.3, -0.25) is 24.2 Å². The van der Waals surface area contributed by atoms with Crippen LogP contribution in [0, 0.1) is 23.3 Å². The number of nitrogens with zero attached hydrogens (tertiary/aromatic N) is 2. The van der Waals surface area contributed by atoms with E-state index >= 15 is 0 Å². The lowest BCUT2D eigenvalue weighted by Gasteiger charge is -2.21. The van der Waals surface area contributed by atoms with Crippen LogP contribution in [-0.4, -0.2) is 41.9 Å². The zero-order valence-electron chi connectivity index (χ0n) is 17.2. The molecule has 12 heteroatoms. The fourth-order valence-corrected chi connectivity index (χ4v) is 2.70. The summed E-state index contributed by atoms with van der Waals surface area (Å²) >= 11 is 0. The van der Waals surface area contributed by atoms with Crippen molar-refractivity contribution in [2.24, 2.45) is 0 Å². The number of carbonyl (C=O) groups is 4. The predicted octanol–water partition coefficient (Wildman–Crippen LogP) is 2.94. The van der Waals surface area contributed by atoms with E-state index in [1.807, 2.05) is 0 Å². The number of carboxylic acid groups (broad SMARTS) is 1. The summed E-state index contributed by atoms with van der Waals surface area (Å²) in [5.41, 5.74) is -1.78. The number of benzene rings is 2. The van der Waals surface area contributed by atoms with Crippen molar-refractivity contribution in [1.82, 2.24) is 0 Å². The molecule has 0 saturated carbocycles. The second kappa shape index (κ2) is 11.4. The van der Waals surface area contributed by atoms with Crippen molar-refractivity contribution in [3.05, 3.63) is 84.7 Å². The number of anilines is 2. The van der Waals surface area contributed by atoms with Crippen molar-refractivity contribution in [3.63, 3.8) is 0 Å². The number of hydrogen-bond acceptors (Lipinski definition) is 5. The number of amides is 2. The SMILES string of the molecule is C=CC(=O)N(CC(=O)O/C=C/C(=O)N(CC(=O)O)c1c(F)cccc1F)c1c(F)cccc1F. The fraction of sp³-hybridized carbons (Fsp3) is 0.0909. The van der Waals surface area contributed by atoms with Crippen LogP contribution in [0.4, 0.5) is 28.9 Å². The minimum Gasteiger partial charge on any atom is -0.480 e. The first-order chi connectivity index (χ1) is 16.1. The third-order valence-electron chi connectivity index (χ3n) is 4.11. The average Bonchev–Trinajstić information content (AvgIpc) is 2.76. The first-order valence-corrected chi connectivity index (χ1v) is 9.28. The number of carboxylic acids is 1. The Labute approximate surface area is 189 Å². The largest absolute Gasteiger partial charge is 0.480 e. The lowest BCUT2D eigenvalue weighted by Crippen LogP contribution is -2.37. The Morgan fingerprint density at radius 2 is 1.26 bits per heavy atom. The molecule has 0 saturated heterocycles. The van der Waals surface area contributed by atoms with Crippen molar-refractivity contribution < 1.29 is 46.6 Å². The predicted molar refractivity (Wildman–Crippen MR) is 110 cm³/mol. The molecule has 0 aromatic heterocycles. The number of para-hydroxylation sites is 2. The Morgan fingerprint density at radius 1 is 0.824 bits per heavy atom. The van der Waals surface area contributed by atoms with E-state index in [1.165, 1.54) is 0 Å². The molecule has 0 radical (unpaired) electrons. The van der Waals surface area contributed by atoms with Gasteiger partial charge in [0.05, 0.1) is 6.26 Å². The van der Waals surface area contributed by atoms with Crippen LogP contribution in [0.1, 0.15) is 0 Å². The molecular weight excluding hydrogens is 464 g/mol. The molecule has 0 aliphatic rings. The van der Waals surface area contributed by atoms with Crippen LogP contribution in [0.25, 0.3) is 0 Å². The van der Waals surface area contributed by atoms with Gasteiger partial charge in [0.15, 0.2) is 0 Å². The van der Waals surface area contributed by atoms with E-state index in [9.17, 15) is 36.7 Å². The number of rotatable bonds is 9. The third-order valence-corrected chi connectivity index (χ3v) is 4.11. The van der Waals surface area contributed by atoms with E-state index in [-0.39, 0.29) is 4.90 Å². The zero-order valence-corrected chi connectivity index (χ0v) is 17.2. The van der Waals surface area contributed by atoms with Gasteiger partial charge in [-0.2, -0.15) is 0 Å². The van der Waals surface area contributed by atoms with Crippen molar-refractivity contribution in [3.8, 4) is 0 Å². The molecule has 2 amide bonds. The van der Waals surface area contributed by atoms with Gasteiger partial charge in [0, 0.05) is 6.08 Å². The standard InChI is InChI=1S/C22H16F4N2O6/c1-2-17(29)28(22-15(25)7-4-8-16(22)26)12-20(33)34-10-9-18(30)27(11-19(31)32)21-13(23)5-3-6-14(21)24/h2-10H,1,11-12H2,(H,31,32)/b10-9+. The number of aliphatic carboxylic acids is 1. The van der Waals surface area contributed by atoms with E-state index in [2.05, 4.69) is 11.3 Å². The lowest BCUT2D eigenvalue weighted by molar-refractivity contribution is -0.138. The highest BCUT2D eigenvalue weighted by Crippen LogP contribution is 2.24. The fourth-order valence-electron chi connectivity index (χ4n) is 2.70. The van der Waals surface area contributed by atoms with Crippen molar-refractivity contribution in [1.29, 1.82) is 0 Å². The summed E-state index contributed by atoms with van der Waals surface area (Å²) in [5.74, 6) is -9.89. The molecule has 2 aromatic rings. The summed E-state index contributed by atoms with van der Waals surface area (Å²) in [4.78, 5) is 48.1. The van der Waals surface area contributed by atoms with E-state index in [0.717, 1.165) is 36.4 Å². The van der Waals surface area contributed by atoms with Crippen LogP contribution in [-0.2, 0) is 23.9 Å². The van der Waals surface area contributed by atoms with Crippen molar-refractivity contribution in [2.75, 3.05) is 22.9 Å². The molecule has 178 valence electrons. The van der Waals surface area contributed by atoms with E-state index in [0.29, 0.717) is 23.3 Å². The molecule has 34 heavy (non-hydrogen) atoms. The number of carbonyl (C=O) groups excluding carboxylic acids is 3. The van der Waals surface area contributed by atoms with Crippen LogP contribution in [0.3, 0.4) is 0 Å². The van der Waals surface area contributed by atoms with Gasteiger partial charge in [0.1, 0.15) is 47.7 Å². The topological polar surface area (TPSA) is 104 Å². The maximum Gasteiger partial charge on any atom is 0.330 e. The second-order valence-corrected chi connectivity index (χ2v) is 6.38. The third kappa shape index (κ3) is 6.28. The molecule has 0 fully saturated rings. The second-order valence-electron chi connectivity index (χ2n) is 6.38. The summed E-state index contributed by atoms with van der Waals surface area (Å²) in [7, 11) is 0. The Kier molecular flexibility index (Phi) is 8.65. The summed E-state index contributed by atoms with van der Waals surface area (Å²) in [6, 6.07) is 5.35. The van der Waals surface area contributed by atoms with Crippen LogP contribution >= 0.6 is 0 Å². The molecular formula is C22H16F4N2O6. The van der Waals surface area contributed by atoms with Gasteiger partial charge in [-0.1, -0.05) is 18.7 Å². The molecule has 2 aromatic carbocycles. The van der Waals surface area contributed by atoms with E-state index in [1.54, 1.807) is 0 Å². The Hall–Kier alpha value is -4.48. The molecule has 0 atom stereocenters. The Morgan fingerprint density at radius 3 is 1.68 bits per heavy atom. The smallest absolute Gasteiger partial charge is 0.330 e. The molecule has 0 unspecified atom stereocenters. The summed E-state index contributed by atoms with van der Waals surface area (Å²) < 4.78 is 60.7. The number of esters is 1. The van der Waals surface area contributed by atoms with Gasteiger partial charge >= 0.3 is 11.9 Å². The number of ether oxygens (including phenoxy) is 1. The number of hydrogen-bond donors (Lipinski definition) is 1. The van der Waals surface area contributed by atoms with Gasteiger partial charge in [0.2, 0.25) is 0 Å². The van der Waals surface area contributed by atoms with Crippen LogP contribution in [0.15, 0.2) is 61.4 Å². The molecule has 1 N–H and O–H groups in total. The van der Waals surface area contributed by atoms with Crippen molar-refractivity contribution in [2.45, 2.75) is 0 Å². The highest BCUT2D eigenvalue weighted by Gasteiger charge is 2.25. The monoisotopic (exact) mass is 480 g/mol. The van der Waals surface area contributed by atoms with Gasteiger partial charge in [-0.25, -0.2) is 22.4 Å². The summed E-state index contributed by atoms with van der Waals surface area (Å²) in [6.45, 7) is 1.06. The highest BCUT2D eigenvalue weighted by atomic mass is 19.1. The van der Waals surface area contributed by atoms with Crippen LogP contribution < -0.4 is 9.80 Å². The van der Waals surface area contributed by atoms with Crippen LogP contribution in [0.2, 0.25) is 0 Å². The van der Waals surface area contributed by atoms with E-state index in [4.69, 9.17) is 5.11 Å². The summed E-state index contributed by atoms with van der Waals surface area (Å²) in [5, 5.41) is 8.96. The lowest BCUT2D eigenvalue weighted by atomic mass is 10.2. The Bertz CT molecular complexity index is 1130.